The van der Waals surface area contributed by atoms with Crippen LogP contribution in [0.15, 0.2) is 41.3 Å². The van der Waals surface area contributed by atoms with Crippen LogP contribution in [0.3, 0.4) is 0 Å². The van der Waals surface area contributed by atoms with Crippen molar-refractivity contribution in [2.75, 3.05) is 31.6 Å². The number of carboxylic acids is 1. The number of carbonyl (C=O) groups excluding carboxylic acids is 1. The first kappa shape index (κ1) is 32.3. The molecule has 1 saturated heterocycles. The van der Waals surface area contributed by atoms with Crippen molar-refractivity contribution in [2.45, 2.75) is 76.2 Å². The lowest BCUT2D eigenvalue weighted by molar-refractivity contribution is -0.137. The van der Waals surface area contributed by atoms with Gasteiger partial charge in [0.25, 0.3) is 0 Å². The minimum Gasteiger partial charge on any atom is -0.481 e. The van der Waals surface area contributed by atoms with E-state index in [-0.39, 0.29) is 41.7 Å². The minimum absolute atomic E-state index is 0.0120. The SMILES string of the molecule is CC1(C)CNc2c(cc(CCCC(=O)O)cc2S(=O)(=O)NC(Cc2nc3ccccc3s2)C(=O)N2CCC(CCF)CC2)C1. The summed E-state index contributed by atoms with van der Waals surface area (Å²) >= 11 is 1.44. The molecule has 2 aliphatic heterocycles. The number of thiazole rings is 1. The summed E-state index contributed by atoms with van der Waals surface area (Å²) in [5, 5.41) is 13.1. The summed E-state index contributed by atoms with van der Waals surface area (Å²) in [6.07, 6.45) is 3.39. The maximum absolute atomic E-state index is 14.2. The van der Waals surface area contributed by atoms with E-state index in [1.165, 1.54) is 11.3 Å². The van der Waals surface area contributed by atoms with Gasteiger partial charge in [0.15, 0.2) is 0 Å². The summed E-state index contributed by atoms with van der Waals surface area (Å²) in [6.45, 7) is 5.32. The first-order valence-corrected chi connectivity index (χ1v) is 17.6. The van der Waals surface area contributed by atoms with E-state index in [0.717, 1.165) is 21.3 Å². The van der Waals surface area contributed by atoms with Crippen LogP contribution in [0.25, 0.3) is 10.2 Å². The molecule has 9 nitrogen and oxygen atoms in total. The van der Waals surface area contributed by atoms with Crippen molar-refractivity contribution in [3.63, 3.8) is 0 Å². The molecular weight excluding hydrogens is 604 g/mol. The zero-order valence-corrected chi connectivity index (χ0v) is 26.9. The summed E-state index contributed by atoms with van der Waals surface area (Å²) in [4.78, 5) is 31.5. The number of aliphatic carboxylic acids is 1. The van der Waals surface area contributed by atoms with E-state index in [9.17, 15) is 22.4 Å². The Labute approximate surface area is 262 Å². The summed E-state index contributed by atoms with van der Waals surface area (Å²) in [5.41, 5.74) is 2.83. The smallest absolute Gasteiger partial charge is 0.303 e. The fraction of sp³-hybridized carbons (Fsp3) is 0.531. The Morgan fingerprint density at radius 1 is 1.23 bits per heavy atom. The molecule has 1 fully saturated rings. The second-order valence-electron chi connectivity index (χ2n) is 12.8. The number of piperidine rings is 1. The van der Waals surface area contributed by atoms with Crippen LogP contribution in [-0.4, -0.2) is 67.6 Å². The molecule has 44 heavy (non-hydrogen) atoms. The van der Waals surface area contributed by atoms with E-state index < -0.39 is 22.0 Å². The Morgan fingerprint density at radius 3 is 2.68 bits per heavy atom. The topological polar surface area (TPSA) is 129 Å². The van der Waals surface area contributed by atoms with Gasteiger partial charge in [0.1, 0.15) is 10.9 Å². The van der Waals surface area contributed by atoms with Gasteiger partial charge in [0.05, 0.1) is 27.6 Å². The number of aromatic nitrogens is 1. The maximum Gasteiger partial charge on any atom is 0.303 e. The Morgan fingerprint density at radius 2 is 1.98 bits per heavy atom. The zero-order chi connectivity index (χ0) is 31.5. The van der Waals surface area contributed by atoms with E-state index in [4.69, 9.17) is 5.11 Å². The highest BCUT2D eigenvalue weighted by atomic mass is 32.2. The third kappa shape index (κ3) is 7.76. The highest BCUT2D eigenvalue weighted by Crippen LogP contribution is 2.38. The van der Waals surface area contributed by atoms with Gasteiger partial charge in [0.2, 0.25) is 15.9 Å². The largest absolute Gasteiger partial charge is 0.481 e. The number of carbonyl (C=O) groups is 2. The number of carboxylic acid groups (broad SMARTS) is 1. The molecule has 0 aliphatic carbocycles. The van der Waals surface area contributed by atoms with Crippen molar-refractivity contribution in [3.8, 4) is 0 Å². The quantitative estimate of drug-likeness (QED) is 0.248. The van der Waals surface area contributed by atoms with Gasteiger partial charge < -0.3 is 15.3 Å². The maximum atomic E-state index is 14.2. The van der Waals surface area contributed by atoms with Gasteiger partial charge >= 0.3 is 5.97 Å². The molecule has 2 aromatic carbocycles. The average Bonchev–Trinajstić information content (AvgIpc) is 3.38. The van der Waals surface area contributed by atoms with E-state index in [1.54, 1.807) is 11.0 Å². The van der Waals surface area contributed by atoms with Gasteiger partial charge in [-0.2, -0.15) is 4.72 Å². The predicted molar refractivity (Wildman–Crippen MR) is 170 cm³/mol. The molecule has 3 N–H and O–H groups in total. The molecule has 1 amide bonds. The van der Waals surface area contributed by atoms with E-state index >= 15 is 0 Å². The van der Waals surface area contributed by atoms with Crippen LogP contribution in [0.2, 0.25) is 0 Å². The number of rotatable bonds is 12. The molecule has 5 rings (SSSR count). The standard InChI is InChI=1S/C32H41FN4O5S2/c1-32(2)19-23-16-22(6-5-9-29(38)39)17-27(30(23)34-20-32)44(41,42)36-25(18-28-35-24-7-3-4-8-26(24)43-28)31(40)37-14-11-21(10-13-33)12-15-37/h3-4,7-8,16-17,21,25,34,36H,5-6,9-15,18-20H2,1-2H3,(H,38,39). The van der Waals surface area contributed by atoms with Crippen molar-refractivity contribution in [2.24, 2.45) is 11.3 Å². The molecule has 1 unspecified atom stereocenters. The van der Waals surface area contributed by atoms with Crippen LogP contribution in [-0.2, 0) is 38.9 Å². The number of halogens is 1. The number of hydrogen-bond acceptors (Lipinski definition) is 7. The highest BCUT2D eigenvalue weighted by molar-refractivity contribution is 7.89. The highest BCUT2D eigenvalue weighted by Gasteiger charge is 2.35. The third-order valence-corrected chi connectivity index (χ3v) is 11.1. The molecule has 1 aromatic heterocycles. The number of sulfonamides is 1. The average molecular weight is 645 g/mol. The Hall–Kier alpha value is -3.09. The van der Waals surface area contributed by atoms with Gasteiger partial charge in [0, 0.05) is 32.5 Å². The monoisotopic (exact) mass is 644 g/mol. The molecular formula is C32H41FN4O5S2. The van der Waals surface area contributed by atoms with Crippen LogP contribution in [0.5, 0.6) is 0 Å². The number of benzene rings is 2. The second kappa shape index (κ2) is 13.5. The first-order chi connectivity index (χ1) is 20.9. The number of nitrogens with one attached hydrogen (secondary N) is 2. The molecule has 0 bridgehead atoms. The minimum atomic E-state index is -4.20. The van der Waals surface area contributed by atoms with Crippen molar-refractivity contribution < 1.29 is 27.5 Å². The molecule has 12 heteroatoms. The number of anilines is 1. The van der Waals surface area contributed by atoms with Gasteiger partial charge in [-0.05, 0) is 79.2 Å². The van der Waals surface area contributed by atoms with Crippen LogP contribution in [0, 0.1) is 11.3 Å². The van der Waals surface area contributed by atoms with Crippen LogP contribution >= 0.6 is 11.3 Å². The number of likely N-dealkylation sites (tertiary alicyclic amines) is 1. The van der Waals surface area contributed by atoms with E-state index in [1.807, 2.05) is 30.3 Å². The molecule has 2 aliphatic rings. The number of fused-ring (bicyclic) bond motifs is 2. The third-order valence-electron chi connectivity index (χ3n) is 8.56. The summed E-state index contributed by atoms with van der Waals surface area (Å²) in [7, 11) is -4.20. The molecule has 1 atom stereocenters. The lowest BCUT2D eigenvalue weighted by Gasteiger charge is -2.35. The number of amides is 1. The molecule has 238 valence electrons. The molecule has 3 aromatic rings. The molecule has 0 spiro atoms. The van der Waals surface area contributed by atoms with Gasteiger partial charge in [-0.3, -0.25) is 14.0 Å². The van der Waals surface area contributed by atoms with Crippen LogP contribution in [0.1, 0.15) is 62.1 Å². The lowest BCUT2D eigenvalue weighted by atomic mass is 9.81. The van der Waals surface area contributed by atoms with Gasteiger partial charge in [-0.1, -0.05) is 32.0 Å². The lowest BCUT2D eigenvalue weighted by Crippen LogP contribution is -2.51. The summed E-state index contributed by atoms with van der Waals surface area (Å²) in [6, 6.07) is 10.1. The Bertz CT molecular complexity index is 1580. The number of hydrogen-bond donors (Lipinski definition) is 3. The number of aryl methyl sites for hydroxylation is 1. The molecule has 3 heterocycles. The van der Waals surface area contributed by atoms with Crippen molar-refractivity contribution in [1.82, 2.24) is 14.6 Å². The van der Waals surface area contributed by atoms with Crippen LogP contribution in [0.4, 0.5) is 10.1 Å². The predicted octanol–water partition coefficient (Wildman–Crippen LogP) is 5.19. The molecule has 0 radical (unpaired) electrons. The van der Waals surface area contributed by atoms with Crippen molar-refractivity contribution >= 4 is 49.1 Å². The summed E-state index contributed by atoms with van der Waals surface area (Å²) < 4.78 is 45.1. The van der Waals surface area contributed by atoms with Gasteiger partial charge in [-0.25, -0.2) is 13.4 Å². The Kier molecular flexibility index (Phi) is 9.91. The fourth-order valence-corrected chi connectivity index (χ4v) is 8.69. The van der Waals surface area contributed by atoms with E-state index in [2.05, 4.69) is 28.9 Å². The van der Waals surface area contributed by atoms with Crippen LogP contribution < -0.4 is 10.0 Å². The van der Waals surface area contributed by atoms with Crippen molar-refractivity contribution in [1.29, 1.82) is 0 Å². The van der Waals surface area contributed by atoms with Crippen molar-refractivity contribution in [3.05, 3.63) is 52.5 Å². The van der Waals surface area contributed by atoms with E-state index in [0.29, 0.717) is 68.9 Å². The number of alkyl halides is 1. The number of para-hydroxylation sites is 1. The van der Waals surface area contributed by atoms with Gasteiger partial charge in [-0.15, -0.1) is 11.3 Å². The normalized spacial score (nSPS) is 17.7. The fourth-order valence-electron chi connectivity index (χ4n) is 6.21. The first-order valence-electron chi connectivity index (χ1n) is 15.3. The second-order valence-corrected chi connectivity index (χ2v) is 15.6. The summed E-state index contributed by atoms with van der Waals surface area (Å²) in [5.74, 6) is -0.994. The number of nitrogens with zero attached hydrogens (tertiary/aromatic N) is 2. The zero-order valence-electron chi connectivity index (χ0n) is 25.3. The Balaban J connectivity index is 1.46. The molecule has 0 saturated carbocycles.